The van der Waals surface area contributed by atoms with E-state index in [4.69, 9.17) is 5.73 Å². The van der Waals surface area contributed by atoms with Gasteiger partial charge in [0.25, 0.3) is 14.0 Å². The second-order valence-electron chi connectivity index (χ2n) is 8.68. The molecule has 0 aliphatic heterocycles. The van der Waals surface area contributed by atoms with Gasteiger partial charge in [0.2, 0.25) is 0 Å². The van der Waals surface area contributed by atoms with E-state index in [0.29, 0.717) is 0 Å². The molecule has 0 bridgehead atoms. The van der Waals surface area contributed by atoms with Gasteiger partial charge >= 0.3 is 0 Å². The van der Waals surface area contributed by atoms with Gasteiger partial charge in [-0.1, -0.05) is 87.0 Å². The van der Waals surface area contributed by atoms with Crippen molar-refractivity contribution in [3.05, 3.63) is 94.5 Å². The maximum absolute atomic E-state index is 12.2. The Morgan fingerprint density at radius 1 is 0.935 bits per heavy atom. The highest BCUT2D eigenvalue weighted by molar-refractivity contribution is 6.98. The molecule has 5 nitrogen and oxygen atoms in total. The number of nitrogens with two attached hydrogens (primary N) is 1. The Kier molecular flexibility index (Phi) is 6.93. The van der Waals surface area contributed by atoms with Crippen molar-refractivity contribution in [2.24, 2.45) is 0 Å². The third-order valence-electron chi connectivity index (χ3n) is 6.17. The number of nitrogens with zero attached hydrogens (tertiary/aromatic N) is 1. The van der Waals surface area contributed by atoms with E-state index in [1.54, 1.807) is 12.1 Å². The standard InChI is InChI=1S/C25H30N2O3Si/c1-25(2,18-10-9-11-20-16-17-24(27(28)29)23(26)19-20)31(30,21-12-5-3-6-13-21)22-14-7-4-8-15-22/h3-8,12-17,19,30H,9-11,18,26H2,1-2H3. The van der Waals surface area contributed by atoms with Crippen LogP contribution in [0.2, 0.25) is 5.04 Å². The quantitative estimate of drug-likeness (QED) is 0.171. The van der Waals surface area contributed by atoms with E-state index in [1.165, 1.54) is 6.07 Å². The number of anilines is 1. The van der Waals surface area contributed by atoms with Crippen LogP contribution >= 0.6 is 0 Å². The van der Waals surface area contributed by atoms with E-state index in [0.717, 1.165) is 41.6 Å². The minimum absolute atomic E-state index is 0.0494. The van der Waals surface area contributed by atoms with Crippen molar-refractivity contribution in [3.8, 4) is 0 Å². The van der Waals surface area contributed by atoms with Crippen LogP contribution in [0.25, 0.3) is 0 Å². The molecule has 0 aliphatic rings. The molecule has 31 heavy (non-hydrogen) atoms. The highest BCUT2D eigenvalue weighted by Crippen LogP contribution is 2.40. The van der Waals surface area contributed by atoms with Gasteiger partial charge in [0.1, 0.15) is 5.69 Å². The first-order chi connectivity index (χ1) is 14.8. The average molecular weight is 435 g/mol. The first-order valence-corrected chi connectivity index (χ1v) is 12.6. The van der Waals surface area contributed by atoms with Crippen molar-refractivity contribution in [1.29, 1.82) is 0 Å². The summed E-state index contributed by atoms with van der Waals surface area (Å²) in [5, 5.41) is 12.7. The maximum Gasteiger partial charge on any atom is 0.292 e. The second-order valence-corrected chi connectivity index (χ2v) is 12.6. The van der Waals surface area contributed by atoms with Crippen LogP contribution in [0, 0.1) is 10.1 Å². The summed E-state index contributed by atoms with van der Waals surface area (Å²) in [5.41, 5.74) is 6.97. The van der Waals surface area contributed by atoms with Crippen LogP contribution < -0.4 is 16.1 Å². The summed E-state index contributed by atoms with van der Waals surface area (Å²) in [6.45, 7) is 4.34. The summed E-state index contributed by atoms with van der Waals surface area (Å²) in [5.74, 6) is 0. The molecule has 0 atom stereocenters. The van der Waals surface area contributed by atoms with Gasteiger partial charge in [-0.2, -0.15) is 0 Å². The number of hydrogen-bond donors (Lipinski definition) is 2. The van der Waals surface area contributed by atoms with Gasteiger partial charge in [0, 0.05) is 6.07 Å². The lowest BCUT2D eigenvalue weighted by molar-refractivity contribution is -0.383. The summed E-state index contributed by atoms with van der Waals surface area (Å²) >= 11 is 0. The lowest BCUT2D eigenvalue weighted by Crippen LogP contribution is -2.65. The fraction of sp³-hybridized carbons (Fsp3) is 0.280. The molecule has 6 heteroatoms. The van der Waals surface area contributed by atoms with Crippen molar-refractivity contribution >= 4 is 30.1 Å². The summed E-state index contributed by atoms with van der Waals surface area (Å²) in [6.07, 6.45) is 3.55. The second kappa shape index (κ2) is 9.45. The van der Waals surface area contributed by atoms with E-state index in [-0.39, 0.29) is 16.4 Å². The predicted octanol–water partition coefficient (Wildman–Crippen LogP) is 4.42. The number of nitrogen functional groups attached to an aromatic ring is 1. The van der Waals surface area contributed by atoms with Crippen molar-refractivity contribution < 1.29 is 9.72 Å². The Labute approximate surface area is 184 Å². The van der Waals surface area contributed by atoms with Crippen molar-refractivity contribution in [2.75, 3.05) is 5.73 Å². The zero-order valence-corrected chi connectivity index (χ0v) is 19.1. The molecule has 0 amide bonds. The van der Waals surface area contributed by atoms with Gasteiger partial charge in [-0.25, -0.2) is 0 Å². The SMILES string of the molecule is CC(C)(CCCCc1ccc([N+](=O)[O-])c(N)c1)[Si](O)(c1ccccc1)c1ccccc1. The molecule has 0 unspecified atom stereocenters. The minimum atomic E-state index is -2.98. The fourth-order valence-electron chi connectivity index (χ4n) is 4.31. The van der Waals surface area contributed by atoms with Gasteiger partial charge in [0.05, 0.1) is 4.92 Å². The topological polar surface area (TPSA) is 89.4 Å². The fourth-order valence-corrected chi connectivity index (χ4v) is 8.09. The van der Waals surface area contributed by atoms with Crippen LogP contribution in [0.1, 0.15) is 38.7 Å². The van der Waals surface area contributed by atoms with Gasteiger partial charge < -0.3 is 10.5 Å². The van der Waals surface area contributed by atoms with Crippen LogP contribution in [0.4, 0.5) is 11.4 Å². The van der Waals surface area contributed by atoms with Crippen molar-refractivity contribution in [3.63, 3.8) is 0 Å². The minimum Gasteiger partial charge on any atom is -0.424 e. The monoisotopic (exact) mass is 434 g/mol. The Hall–Kier alpha value is -2.96. The highest BCUT2D eigenvalue weighted by Gasteiger charge is 2.49. The summed E-state index contributed by atoms with van der Waals surface area (Å²) < 4.78 is 0. The molecule has 3 N–H and O–H groups in total. The molecule has 0 radical (unpaired) electrons. The summed E-state index contributed by atoms with van der Waals surface area (Å²) in [7, 11) is -2.98. The summed E-state index contributed by atoms with van der Waals surface area (Å²) in [6, 6.07) is 25.0. The smallest absolute Gasteiger partial charge is 0.292 e. The molecular formula is C25H30N2O3Si. The summed E-state index contributed by atoms with van der Waals surface area (Å²) in [4.78, 5) is 22.7. The van der Waals surface area contributed by atoms with Crippen LogP contribution in [-0.4, -0.2) is 18.0 Å². The first-order valence-electron chi connectivity index (χ1n) is 10.6. The van der Waals surface area contributed by atoms with Crippen LogP contribution in [0.15, 0.2) is 78.9 Å². The Bertz CT molecular complexity index is 984. The van der Waals surface area contributed by atoms with E-state index in [2.05, 4.69) is 13.8 Å². The zero-order chi connectivity index (χ0) is 22.5. The predicted molar refractivity (Wildman–Crippen MR) is 129 cm³/mol. The van der Waals surface area contributed by atoms with Gasteiger partial charge in [-0.05, 0) is 46.3 Å². The lowest BCUT2D eigenvalue weighted by atomic mass is 10.0. The molecule has 0 saturated heterocycles. The van der Waals surface area contributed by atoms with Gasteiger partial charge in [-0.15, -0.1) is 0 Å². The Morgan fingerprint density at radius 3 is 1.97 bits per heavy atom. The van der Waals surface area contributed by atoms with Crippen LogP contribution in [-0.2, 0) is 6.42 Å². The molecule has 0 aromatic heterocycles. The van der Waals surface area contributed by atoms with Crippen molar-refractivity contribution in [1.82, 2.24) is 0 Å². The van der Waals surface area contributed by atoms with Crippen LogP contribution in [0.3, 0.4) is 0 Å². The van der Waals surface area contributed by atoms with Gasteiger partial charge in [-0.3, -0.25) is 10.1 Å². The largest absolute Gasteiger partial charge is 0.424 e. The number of unbranched alkanes of at least 4 members (excludes halogenated alkanes) is 1. The Balaban J connectivity index is 1.73. The number of benzene rings is 3. The van der Waals surface area contributed by atoms with E-state index in [9.17, 15) is 14.9 Å². The molecule has 0 spiro atoms. The molecule has 3 rings (SSSR count). The molecular weight excluding hydrogens is 404 g/mol. The molecule has 0 aliphatic carbocycles. The third kappa shape index (κ3) is 4.86. The first kappa shape index (κ1) is 22.7. The van der Waals surface area contributed by atoms with E-state index < -0.39 is 13.2 Å². The zero-order valence-electron chi connectivity index (χ0n) is 18.1. The average Bonchev–Trinajstić information content (AvgIpc) is 2.77. The van der Waals surface area contributed by atoms with Crippen LogP contribution in [0.5, 0.6) is 0 Å². The molecule has 3 aromatic carbocycles. The molecule has 162 valence electrons. The number of nitro groups is 1. The third-order valence-corrected chi connectivity index (χ3v) is 10.7. The molecule has 0 fully saturated rings. The number of aryl methyl sites for hydroxylation is 1. The number of hydrogen-bond acceptors (Lipinski definition) is 4. The highest BCUT2D eigenvalue weighted by atomic mass is 28.4. The molecule has 0 heterocycles. The van der Waals surface area contributed by atoms with Crippen molar-refractivity contribution in [2.45, 2.75) is 44.6 Å². The maximum atomic E-state index is 12.2. The van der Waals surface area contributed by atoms with Gasteiger partial charge in [0.15, 0.2) is 0 Å². The normalized spacial score (nSPS) is 12.0. The number of rotatable bonds is 9. The molecule has 0 saturated carbocycles. The van der Waals surface area contributed by atoms with E-state index in [1.807, 2.05) is 60.7 Å². The lowest BCUT2D eigenvalue weighted by Gasteiger charge is -2.41. The number of nitro benzene ring substituents is 1. The molecule has 3 aromatic rings. The Morgan fingerprint density at radius 2 is 1.48 bits per heavy atom. The van der Waals surface area contributed by atoms with E-state index >= 15 is 0 Å².